The summed E-state index contributed by atoms with van der Waals surface area (Å²) in [6.45, 7) is 2.10. The molecular formula is C13H15BrN2O2S. The number of alkyl halides is 1. The maximum absolute atomic E-state index is 5.37. The Morgan fingerprint density at radius 1 is 1.26 bits per heavy atom. The van der Waals surface area contributed by atoms with Crippen LogP contribution < -0.4 is 9.47 Å². The molecule has 1 heterocycles. The lowest BCUT2D eigenvalue weighted by molar-refractivity contribution is 0.404. The van der Waals surface area contributed by atoms with Crippen molar-refractivity contribution in [3.63, 3.8) is 0 Å². The molecule has 6 heteroatoms. The van der Waals surface area contributed by atoms with Gasteiger partial charge in [-0.1, -0.05) is 34.2 Å². The number of halogens is 1. The molecule has 1 aromatic heterocycles. The zero-order valence-electron chi connectivity index (χ0n) is 11.0. The Morgan fingerprint density at radius 2 is 2.05 bits per heavy atom. The monoisotopic (exact) mass is 342 g/mol. The highest BCUT2D eigenvalue weighted by Gasteiger charge is 2.16. The van der Waals surface area contributed by atoms with Crippen molar-refractivity contribution in [1.82, 2.24) is 10.2 Å². The molecule has 102 valence electrons. The van der Waals surface area contributed by atoms with Gasteiger partial charge in [0.2, 0.25) is 0 Å². The van der Waals surface area contributed by atoms with E-state index in [2.05, 4.69) is 33.1 Å². The molecule has 0 bridgehead atoms. The van der Waals surface area contributed by atoms with Crippen molar-refractivity contribution in [3.05, 3.63) is 23.2 Å². The first-order valence-electron chi connectivity index (χ1n) is 5.89. The zero-order valence-corrected chi connectivity index (χ0v) is 13.4. The highest BCUT2D eigenvalue weighted by atomic mass is 79.9. The lowest BCUT2D eigenvalue weighted by Crippen LogP contribution is -1.90. The molecule has 0 saturated carbocycles. The van der Waals surface area contributed by atoms with Gasteiger partial charge in [-0.2, -0.15) is 0 Å². The van der Waals surface area contributed by atoms with Gasteiger partial charge in [0.15, 0.2) is 5.01 Å². The summed E-state index contributed by atoms with van der Waals surface area (Å²) in [5, 5.41) is 10.3. The summed E-state index contributed by atoms with van der Waals surface area (Å²) in [5.41, 5.74) is 0.904. The number of hydrogen-bond donors (Lipinski definition) is 0. The van der Waals surface area contributed by atoms with Gasteiger partial charge < -0.3 is 9.47 Å². The smallest absolute Gasteiger partial charge is 0.151 e. The molecule has 0 N–H and O–H groups in total. The summed E-state index contributed by atoms with van der Waals surface area (Å²) in [6, 6.07) is 5.66. The van der Waals surface area contributed by atoms with E-state index >= 15 is 0 Å². The van der Waals surface area contributed by atoms with E-state index in [0.717, 1.165) is 33.5 Å². The fourth-order valence-corrected chi connectivity index (χ4v) is 2.92. The second kappa shape index (κ2) is 6.34. The van der Waals surface area contributed by atoms with Crippen molar-refractivity contribution in [1.29, 1.82) is 0 Å². The first kappa shape index (κ1) is 14.3. The second-order valence-corrected chi connectivity index (χ2v) is 6.00. The average molecular weight is 343 g/mol. The Morgan fingerprint density at radius 3 is 2.68 bits per heavy atom. The highest BCUT2D eigenvalue weighted by Crippen LogP contribution is 2.38. The van der Waals surface area contributed by atoms with Crippen LogP contribution in [0.3, 0.4) is 0 Å². The van der Waals surface area contributed by atoms with Gasteiger partial charge in [-0.15, -0.1) is 10.2 Å². The average Bonchev–Trinajstić information content (AvgIpc) is 2.95. The highest BCUT2D eigenvalue weighted by molar-refractivity contribution is 9.09. The van der Waals surface area contributed by atoms with E-state index in [9.17, 15) is 0 Å². The first-order valence-corrected chi connectivity index (χ1v) is 7.62. The van der Waals surface area contributed by atoms with Gasteiger partial charge in [0.1, 0.15) is 16.5 Å². The second-order valence-electron chi connectivity index (χ2n) is 3.89. The van der Waals surface area contributed by atoms with Crippen LogP contribution in [0.2, 0.25) is 0 Å². The summed E-state index contributed by atoms with van der Waals surface area (Å²) in [4.78, 5) is 0.246. The molecule has 19 heavy (non-hydrogen) atoms. The van der Waals surface area contributed by atoms with Crippen LogP contribution in [0.15, 0.2) is 18.2 Å². The summed E-state index contributed by atoms with van der Waals surface area (Å²) in [6.07, 6.45) is 0.976. The van der Waals surface area contributed by atoms with Gasteiger partial charge in [-0.3, -0.25) is 0 Å². The lowest BCUT2D eigenvalue weighted by atomic mass is 10.2. The Balaban J connectivity index is 2.42. The van der Waals surface area contributed by atoms with Crippen molar-refractivity contribution in [2.75, 3.05) is 14.2 Å². The summed E-state index contributed by atoms with van der Waals surface area (Å²) >= 11 is 5.15. The van der Waals surface area contributed by atoms with E-state index < -0.39 is 0 Å². The topological polar surface area (TPSA) is 44.2 Å². The van der Waals surface area contributed by atoms with Crippen molar-refractivity contribution in [3.8, 4) is 22.1 Å². The van der Waals surface area contributed by atoms with Gasteiger partial charge in [0, 0.05) is 0 Å². The minimum absolute atomic E-state index is 0.246. The van der Waals surface area contributed by atoms with Gasteiger partial charge in [-0.25, -0.2) is 0 Å². The third-order valence-corrected chi connectivity index (χ3v) is 5.16. The van der Waals surface area contributed by atoms with E-state index in [1.54, 1.807) is 25.6 Å². The third kappa shape index (κ3) is 3.06. The van der Waals surface area contributed by atoms with E-state index in [4.69, 9.17) is 9.47 Å². The molecule has 1 atom stereocenters. The number of benzene rings is 1. The lowest BCUT2D eigenvalue weighted by Gasteiger charge is -2.07. The van der Waals surface area contributed by atoms with Crippen LogP contribution in [0.25, 0.3) is 10.6 Å². The van der Waals surface area contributed by atoms with E-state index in [1.807, 2.05) is 18.2 Å². The Hall–Kier alpha value is -1.14. The molecular weight excluding hydrogens is 328 g/mol. The first-order chi connectivity index (χ1) is 9.19. The van der Waals surface area contributed by atoms with Gasteiger partial charge in [-0.05, 0) is 24.6 Å². The molecule has 2 aromatic rings. The van der Waals surface area contributed by atoms with Gasteiger partial charge in [0.05, 0.1) is 24.6 Å². The molecule has 0 radical (unpaired) electrons. The largest absolute Gasteiger partial charge is 0.497 e. The van der Waals surface area contributed by atoms with Crippen LogP contribution in [0.5, 0.6) is 11.5 Å². The SMILES string of the molecule is CCC(Br)c1nnc(-c2cc(OC)ccc2OC)s1. The molecule has 0 fully saturated rings. The van der Waals surface area contributed by atoms with Crippen LogP contribution in [0, 0.1) is 0 Å². The molecule has 0 aliphatic rings. The zero-order chi connectivity index (χ0) is 13.8. The van der Waals surface area contributed by atoms with Crippen LogP contribution in [0.4, 0.5) is 0 Å². The Labute approximate surface area is 124 Å². The van der Waals surface area contributed by atoms with E-state index in [-0.39, 0.29) is 4.83 Å². The minimum Gasteiger partial charge on any atom is -0.497 e. The number of methoxy groups -OCH3 is 2. The van der Waals surface area contributed by atoms with Gasteiger partial charge >= 0.3 is 0 Å². The maximum Gasteiger partial charge on any atom is 0.151 e. The Kier molecular flexibility index (Phi) is 4.76. The number of aromatic nitrogens is 2. The molecule has 1 aromatic carbocycles. The minimum atomic E-state index is 0.246. The van der Waals surface area contributed by atoms with Crippen molar-refractivity contribution in [2.45, 2.75) is 18.2 Å². The fourth-order valence-electron chi connectivity index (χ4n) is 1.63. The molecule has 0 amide bonds. The molecule has 2 rings (SSSR count). The molecule has 0 saturated heterocycles. The maximum atomic E-state index is 5.37. The van der Waals surface area contributed by atoms with Crippen LogP contribution >= 0.6 is 27.3 Å². The normalized spacial score (nSPS) is 12.2. The number of ether oxygens (including phenoxy) is 2. The van der Waals surface area contributed by atoms with Gasteiger partial charge in [0.25, 0.3) is 0 Å². The fraction of sp³-hybridized carbons (Fsp3) is 0.385. The van der Waals surface area contributed by atoms with Crippen LogP contribution in [0.1, 0.15) is 23.2 Å². The molecule has 1 unspecified atom stereocenters. The predicted molar refractivity (Wildman–Crippen MR) is 80.4 cm³/mol. The standard InChI is InChI=1S/C13H15BrN2O2S/c1-4-10(14)13-16-15-12(19-13)9-7-8(17-2)5-6-11(9)18-3/h5-7,10H,4H2,1-3H3. The Bertz CT molecular complexity index is 559. The van der Waals surface area contributed by atoms with Crippen molar-refractivity contribution < 1.29 is 9.47 Å². The quantitative estimate of drug-likeness (QED) is 0.768. The van der Waals surface area contributed by atoms with Crippen molar-refractivity contribution >= 4 is 27.3 Å². The molecule has 0 spiro atoms. The summed E-state index contributed by atoms with van der Waals surface area (Å²) < 4.78 is 10.6. The predicted octanol–water partition coefficient (Wildman–Crippen LogP) is 4.07. The molecule has 4 nitrogen and oxygen atoms in total. The number of rotatable bonds is 5. The van der Waals surface area contributed by atoms with E-state index in [0.29, 0.717) is 0 Å². The third-order valence-electron chi connectivity index (χ3n) is 2.70. The van der Waals surface area contributed by atoms with E-state index in [1.165, 1.54) is 0 Å². The van der Waals surface area contributed by atoms with Crippen LogP contribution in [-0.2, 0) is 0 Å². The summed E-state index contributed by atoms with van der Waals surface area (Å²) in [7, 11) is 3.29. The van der Waals surface area contributed by atoms with Crippen LogP contribution in [-0.4, -0.2) is 24.4 Å². The molecule has 0 aliphatic carbocycles. The number of hydrogen-bond acceptors (Lipinski definition) is 5. The van der Waals surface area contributed by atoms with Crippen molar-refractivity contribution in [2.24, 2.45) is 0 Å². The molecule has 0 aliphatic heterocycles. The summed E-state index contributed by atoms with van der Waals surface area (Å²) in [5.74, 6) is 1.55. The number of nitrogens with zero attached hydrogens (tertiary/aromatic N) is 2.